The summed E-state index contributed by atoms with van der Waals surface area (Å²) in [6, 6.07) is 12.7. The largest absolute Gasteiger partial charge is 0.462 e. The number of fused-ring (bicyclic) bond motifs is 1. The minimum atomic E-state index is -0.637. The molecule has 120 valence electrons. The molecule has 2 aromatic carbocycles. The molecule has 0 saturated heterocycles. The second kappa shape index (κ2) is 5.28. The number of benzene rings is 2. The van der Waals surface area contributed by atoms with Crippen LogP contribution in [0.2, 0.25) is 0 Å². The molecule has 3 N–H and O–H groups in total. The molecule has 1 amide bonds. The minimum absolute atomic E-state index is 0.0628. The van der Waals surface area contributed by atoms with Gasteiger partial charge in [-0.15, -0.1) is 0 Å². The molecule has 0 aliphatic carbocycles. The van der Waals surface area contributed by atoms with Gasteiger partial charge in [0.05, 0.1) is 0 Å². The van der Waals surface area contributed by atoms with E-state index in [1.54, 1.807) is 18.2 Å². The molecule has 1 aliphatic rings. The quantitative estimate of drug-likeness (QED) is 0.891. The molecule has 1 unspecified atom stereocenters. The number of hydroxylamine groups is 1. The predicted molar refractivity (Wildman–Crippen MR) is 87.7 cm³/mol. The molecule has 0 fully saturated rings. The summed E-state index contributed by atoms with van der Waals surface area (Å²) in [7, 11) is 0. The van der Waals surface area contributed by atoms with Crippen LogP contribution >= 0.6 is 0 Å². The van der Waals surface area contributed by atoms with Crippen LogP contribution in [0.5, 0.6) is 5.75 Å². The smallest absolute Gasteiger partial charge is 0.248 e. The number of carbonyl (C=O) groups is 1. The maximum atomic E-state index is 11.3. The number of nitrogens with two attached hydrogens (primary N) is 1. The first-order chi connectivity index (χ1) is 10.8. The van der Waals surface area contributed by atoms with Gasteiger partial charge in [-0.3, -0.25) is 10.0 Å². The van der Waals surface area contributed by atoms with Crippen molar-refractivity contribution >= 4 is 11.6 Å². The van der Waals surface area contributed by atoms with E-state index < -0.39 is 12.1 Å². The topological polar surface area (TPSA) is 75.8 Å². The average molecular weight is 312 g/mol. The van der Waals surface area contributed by atoms with Crippen LogP contribution in [0.15, 0.2) is 42.5 Å². The molecule has 0 saturated carbocycles. The Balaban J connectivity index is 1.89. The predicted octanol–water partition coefficient (Wildman–Crippen LogP) is 3.37. The van der Waals surface area contributed by atoms with E-state index in [4.69, 9.17) is 10.5 Å². The van der Waals surface area contributed by atoms with E-state index in [0.29, 0.717) is 17.0 Å². The van der Waals surface area contributed by atoms with E-state index in [0.717, 1.165) is 10.6 Å². The average Bonchev–Trinajstić information content (AvgIpc) is 2.83. The van der Waals surface area contributed by atoms with Crippen molar-refractivity contribution in [1.29, 1.82) is 0 Å². The van der Waals surface area contributed by atoms with Gasteiger partial charge in [0, 0.05) is 11.1 Å². The Morgan fingerprint density at radius 1 is 1.17 bits per heavy atom. The number of amides is 1. The van der Waals surface area contributed by atoms with Crippen LogP contribution in [-0.4, -0.2) is 11.1 Å². The highest BCUT2D eigenvalue weighted by atomic mass is 16.6. The molecule has 0 bridgehead atoms. The molecule has 5 heteroatoms. The zero-order valence-electron chi connectivity index (χ0n) is 13.4. The third-order valence-corrected chi connectivity index (χ3v) is 4.01. The van der Waals surface area contributed by atoms with Gasteiger partial charge in [0.15, 0.2) is 0 Å². The highest BCUT2D eigenvalue weighted by molar-refractivity contribution is 5.94. The Morgan fingerprint density at radius 3 is 2.39 bits per heavy atom. The monoisotopic (exact) mass is 312 g/mol. The van der Waals surface area contributed by atoms with Gasteiger partial charge in [-0.05, 0) is 29.2 Å². The first kappa shape index (κ1) is 15.4. The lowest BCUT2D eigenvalue weighted by molar-refractivity contribution is 0.0999. The number of carbonyl (C=O) groups excluding carboxylic acids is 1. The second-order valence-electron chi connectivity index (χ2n) is 6.73. The highest BCUT2D eigenvalue weighted by Gasteiger charge is 2.32. The Kier molecular flexibility index (Phi) is 3.53. The number of hydrogen-bond acceptors (Lipinski definition) is 4. The molecule has 0 spiro atoms. The van der Waals surface area contributed by atoms with Gasteiger partial charge < -0.3 is 10.5 Å². The van der Waals surface area contributed by atoms with E-state index in [2.05, 4.69) is 20.8 Å². The Morgan fingerprint density at radius 2 is 1.83 bits per heavy atom. The maximum Gasteiger partial charge on any atom is 0.248 e. The number of rotatable bonds is 2. The van der Waals surface area contributed by atoms with Gasteiger partial charge in [0.1, 0.15) is 11.4 Å². The number of nitrogens with zero attached hydrogens (tertiary/aromatic N) is 1. The van der Waals surface area contributed by atoms with E-state index in [9.17, 15) is 10.0 Å². The van der Waals surface area contributed by atoms with Crippen molar-refractivity contribution in [3.8, 4) is 5.75 Å². The molecule has 23 heavy (non-hydrogen) atoms. The molecule has 1 atom stereocenters. The fourth-order valence-electron chi connectivity index (χ4n) is 2.60. The molecular weight excluding hydrogens is 292 g/mol. The van der Waals surface area contributed by atoms with Crippen molar-refractivity contribution in [2.75, 3.05) is 5.06 Å². The van der Waals surface area contributed by atoms with Crippen LogP contribution in [0.1, 0.15) is 48.5 Å². The van der Waals surface area contributed by atoms with Gasteiger partial charge in [0.2, 0.25) is 12.1 Å². The van der Waals surface area contributed by atoms with Crippen molar-refractivity contribution < 1.29 is 14.7 Å². The fraction of sp³-hybridized carbons (Fsp3) is 0.278. The third kappa shape index (κ3) is 2.75. The van der Waals surface area contributed by atoms with Crippen molar-refractivity contribution in [3.63, 3.8) is 0 Å². The maximum absolute atomic E-state index is 11.3. The molecular formula is C18H20N2O3. The summed E-state index contributed by atoms with van der Waals surface area (Å²) in [5.41, 5.74) is 8.24. The zero-order chi connectivity index (χ0) is 16.8. The Bertz CT molecular complexity index is 748. The number of primary amides is 1. The van der Waals surface area contributed by atoms with Crippen LogP contribution in [0, 0.1) is 0 Å². The van der Waals surface area contributed by atoms with Crippen molar-refractivity contribution in [2.24, 2.45) is 5.73 Å². The Labute approximate surface area is 135 Å². The summed E-state index contributed by atoms with van der Waals surface area (Å²) in [4.78, 5) is 11.3. The molecule has 5 nitrogen and oxygen atoms in total. The van der Waals surface area contributed by atoms with Crippen molar-refractivity contribution in [1.82, 2.24) is 0 Å². The third-order valence-electron chi connectivity index (χ3n) is 4.01. The summed E-state index contributed by atoms with van der Waals surface area (Å²) in [5, 5.41) is 11.4. The SMILES string of the molecule is CC(C)(C)c1ccc(C2Oc3cc(C(N)=O)ccc3N2O)cc1. The summed E-state index contributed by atoms with van der Waals surface area (Å²) >= 11 is 0. The molecule has 2 aromatic rings. The summed E-state index contributed by atoms with van der Waals surface area (Å²) in [6.07, 6.45) is -0.637. The zero-order valence-corrected chi connectivity index (χ0v) is 13.4. The van der Waals surface area contributed by atoms with E-state index >= 15 is 0 Å². The molecule has 1 aliphatic heterocycles. The van der Waals surface area contributed by atoms with Gasteiger partial charge >= 0.3 is 0 Å². The molecule has 3 rings (SSSR count). The molecule has 0 radical (unpaired) electrons. The van der Waals surface area contributed by atoms with Crippen LogP contribution in [0.4, 0.5) is 5.69 Å². The minimum Gasteiger partial charge on any atom is -0.462 e. The first-order valence-corrected chi connectivity index (χ1v) is 7.46. The summed E-state index contributed by atoms with van der Waals surface area (Å²) in [5.74, 6) is -0.0902. The number of anilines is 1. The molecule has 1 heterocycles. The number of ether oxygens (including phenoxy) is 1. The summed E-state index contributed by atoms with van der Waals surface area (Å²) < 4.78 is 5.79. The van der Waals surface area contributed by atoms with Gasteiger partial charge in [-0.25, -0.2) is 5.06 Å². The van der Waals surface area contributed by atoms with Crippen molar-refractivity contribution in [2.45, 2.75) is 32.4 Å². The first-order valence-electron chi connectivity index (χ1n) is 7.46. The van der Waals surface area contributed by atoms with E-state index in [-0.39, 0.29) is 5.41 Å². The highest BCUT2D eigenvalue weighted by Crippen LogP contribution is 2.42. The van der Waals surface area contributed by atoms with Crippen LogP contribution in [0.25, 0.3) is 0 Å². The lowest BCUT2D eigenvalue weighted by Gasteiger charge is -2.22. The standard InChI is InChI=1S/C18H20N2O3/c1-18(2,3)13-7-4-11(5-8-13)17-20(22)14-9-6-12(16(19)21)10-15(14)23-17/h4-10,17,22H,1-3H3,(H2,19,21). The lowest BCUT2D eigenvalue weighted by atomic mass is 9.86. The van der Waals surface area contributed by atoms with Gasteiger partial charge in [-0.1, -0.05) is 45.0 Å². The van der Waals surface area contributed by atoms with E-state index in [1.807, 2.05) is 24.3 Å². The van der Waals surface area contributed by atoms with Crippen LogP contribution in [-0.2, 0) is 5.41 Å². The summed E-state index contributed by atoms with van der Waals surface area (Å²) in [6.45, 7) is 6.44. The fourth-order valence-corrected chi connectivity index (χ4v) is 2.60. The lowest BCUT2D eigenvalue weighted by Crippen LogP contribution is -2.23. The Hall–Kier alpha value is -2.53. The normalized spacial score (nSPS) is 16.9. The van der Waals surface area contributed by atoms with Gasteiger partial charge in [-0.2, -0.15) is 0 Å². The van der Waals surface area contributed by atoms with Gasteiger partial charge in [0.25, 0.3) is 0 Å². The van der Waals surface area contributed by atoms with Crippen LogP contribution < -0.4 is 15.5 Å². The second-order valence-corrected chi connectivity index (χ2v) is 6.73. The van der Waals surface area contributed by atoms with E-state index in [1.165, 1.54) is 5.56 Å². The molecule has 0 aromatic heterocycles. The van der Waals surface area contributed by atoms with Crippen molar-refractivity contribution in [3.05, 3.63) is 59.2 Å². The van der Waals surface area contributed by atoms with Crippen LogP contribution in [0.3, 0.4) is 0 Å². The number of hydrogen-bond donors (Lipinski definition) is 2.